The average Bonchev–Trinajstić information content (AvgIpc) is 2.56. The molecule has 5 heteroatoms. The second-order valence-electron chi connectivity index (χ2n) is 4.94. The van der Waals surface area contributed by atoms with Crippen molar-refractivity contribution in [3.8, 4) is 5.75 Å². The molecule has 0 unspecified atom stereocenters. The smallest absolute Gasteiger partial charge is 0.191 e. The fraction of sp³-hybridized carbons (Fsp3) is 0.278. The van der Waals surface area contributed by atoms with Gasteiger partial charge in [-0.3, -0.25) is 4.99 Å². The van der Waals surface area contributed by atoms with Crippen LogP contribution in [-0.4, -0.2) is 26.2 Å². The fourth-order valence-corrected chi connectivity index (χ4v) is 2.06. The predicted molar refractivity (Wildman–Crippen MR) is 107 cm³/mol. The van der Waals surface area contributed by atoms with E-state index in [-0.39, 0.29) is 24.0 Å². The summed E-state index contributed by atoms with van der Waals surface area (Å²) in [5.74, 6) is 1.66. The van der Waals surface area contributed by atoms with Crippen LogP contribution in [0.25, 0.3) is 0 Å². The molecular formula is C18H24IN3O. The molecule has 124 valence electrons. The summed E-state index contributed by atoms with van der Waals surface area (Å²) in [4.78, 5) is 4.22. The van der Waals surface area contributed by atoms with Gasteiger partial charge in [-0.2, -0.15) is 0 Å². The lowest BCUT2D eigenvalue weighted by molar-refractivity contribution is 0.322. The molecular weight excluding hydrogens is 401 g/mol. The highest BCUT2D eigenvalue weighted by Gasteiger charge is 2.00. The molecule has 2 N–H and O–H groups in total. The van der Waals surface area contributed by atoms with Crippen molar-refractivity contribution in [2.24, 2.45) is 4.99 Å². The van der Waals surface area contributed by atoms with Crippen molar-refractivity contribution in [2.45, 2.75) is 13.5 Å². The maximum absolute atomic E-state index is 5.64. The zero-order chi connectivity index (χ0) is 15.6. The number of rotatable bonds is 6. The molecule has 0 atom stereocenters. The Bertz CT molecular complexity index is 602. The largest absolute Gasteiger partial charge is 0.492 e. The summed E-state index contributed by atoms with van der Waals surface area (Å²) in [6, 6.07) is 18.1. The number of nitrogens with one attached hydrogen (secondary N) is 2. The van der Waals surface area contributed by atoms with E-state index < -0.39 is 0 Å². The Balaban J connectivity index is 0.00000264. The van der Waals surface area contributed by atoms with E-state index in [1.54, 1.807) is 7.05 Å². The molecule has 0 saturated heterocycles. The molecule has 2 aromatic rings. The van der Waals surface area contributed by atoms with Crippen LogP contribution in [-0.2, 0) is 6.54 Å². The molecule has 0 amide bonds. The van der Waals surface area contributed by atoms with Gasteiger partial charge in [0, 0.05) is 13.6 Å². The minimum atomic E-state index is 0. The summed E-state index contributed by atoms with van der Waals surface area (Å²) in [6.45, 7) is 4.16. The van der Waals surface area contributed by atoms with E-state index in [2.05, 4.69) is 34.7 Å². The maximum atomic E-state index is 5.64. The molecule has 4 nitrogen and oxygen atoms in total. The van der Waals surface area contributed by atoms with Crippen LogP contribution >= 0.6 is 24.0 Å². The van der Waals surface area contributed by atoms with Crippen LogP contribution in [0.15, 0.2) is 59.6 Å². The van der Waals surface area contributed by atoms with E-state index in [9.17, 15) is 0 Å². The summed E-state index contributed by atoms with van der Waals surface area (Å²) >= 11 is 0. The Kier molecular flexibility index (Phi) is 9.12. The third-order valence-electron chi connectivity index (χ3n) is 3.34. The number of hydrogen-bond donors (Lipinski definition) is 2. The van der Waals surface area contributed by atoms with Crippen LogP contribution in [0.5, 0.6) is 5.75 Å². The Morgan fingerprint density at radius 3 is 2.39 bits per heavy atom. The van der Waals surface area contributed by atoms with Crippen molar-refractivity contribution in [3.05, 3.63) is 65.7 Å². The molecule has 0 spiro atoms. The quantitative estimate of drug-likeness (QED) is 0.323. The van der Waals surface area contributed by atoms with Crippen LogP contribution in [0.1, 0.15) is 11.1 Å². The number of nitrogens with zero attached hydrogens (tertiary/aromatic N) is 1. The van der Waals surface area contributed by atoms with Gasteiger partial charge in [0.1, 0.15) is 12.4 Å². The molecule has 0 saturated carbocycles. The van der Waals surface area contributed by atoms with Crippen molar-refractivity contribution in [2.75, 3.05) is 20.2 Å². The lowest BCUT2D eigenvalue weighted by Crippen LogP contribution is -2.39. The van der Waals surface area contributed by atoms with E-state index in [1.807, 2.05) is 42.5 Å². The lowest BCUT2D eigenvalue weighted by Gasteiger charge is -2.13. The van der Waals surface area contributed by atoms with E-state index in [1.165, 1.54) is 11.1 Å². The summed E-state index contributed by atoms with van der Waals surface area (Å²) in [5, 5.41) is 6.55. The number of benzene rings is 2. The van der Waals surface area contributed by atoms with Gasteiger partial charge in [0.15, 0.2) is 5.96 Å². The van der Waals surface area contributed by atoms with Gasteiger partial charge in [0.05, 0.1) is 6.54 Å². The first-order chi connectivity index (χ1) is 10.8. The van der Waals surface area contributed by atoms with Crippen LogP contribution in [0, 0.1) is 6.92 Å². The number of aliphatic imine (C=N–C) groups is 1. The number of halogens is 1. The van der Waals surface area contributed by atoms with Gasteiger partial charge in [-0.25, -0.2) is 0 Å². The van der Waals surface area contributed by atoms with E-state index in [0.29, 0.717) is 13.2 Å². The van der Waals surface area contributed by atoms with Gasteiger partial charge in [0.2, 0.25) is 0 Å². The first kappa shape index (κ1) is 19.3. The minimum Gasteiger partial charge on any atom is -0.492 e. The monoisotopic (exact) mass is 425 g/mol. The molecule has 0 radical (unpaired) electrons. The SMILES string of the molecule is CN=C(NCCOc1ccccc1)NCc1ccccc1C.I. The molecule has 0 aromatic heterocycles. The van der Waals surface area contributed by atoms with Gasteiger partial charge < -0.3 is 15.4 Å². The standard InChI is InChI=1S/C18H23N3O.HI/c1-15-8-6-7-9-16(15)14-21-18(19-2)20-12-13-22-17-10-4-3-5-11-17;/h3-11H,12-14H2,1-2H3,(H2,19,20,21);1H. The van der Waals surface area contributed by atoms with Crippen LogP contribution in [0.2, 0.25) is 0 Å². The van der Waals surface area contributed by atoms with Crippen LogP contribution < -0.4 is 15.4 Å². The zero-order valence-corrected chi connectivity index (χ0v) is 15.9. The van der Waals surface area contributed by atoms with E-state index in [4.69, 9.17) is 4.74 Å². The Morgan fingerprint density at radius 1 is 1.00 bits per heavy atom. The fourth-order valence-electron chi connectivity index (χ4n) is 2.06. The lowest BCUT2D eigenvalue weighted by atomic mass is 10.1. The third kappa shape index (κ3) is 6.90. The summed E-state index contributed by atoms with van der Waals surface area (Å²) in [6.07, 6.45) is 0. The molecule has 23 heavy (non-hydrogen) atoms. The molecule has 0 aliphatic carbocycles. The number of guanidine groups is 1. The summed E-state index contributed by atoms with van der Waals surface area (Å²) in [7, 11) is 1.77. The Labute approximate surface area is 155 Å². The van der Waals surface area contributed by atoms with Gasteiger partial charge in [-0.15, -0.1) is 24.0 Å². The first-order valence-corrected chi connectivity index (χ1v) is 7.46. The molecule has 0 aliphatic rings. The van der Waals surface area contributed by atoms with Crippen molar-refractivity contribution >= 4 is 29.9 Å². The predicted octanol–water partition coefficient (Wildman–Crippen LogP) is 3.36. The maximum Gasteiger partial charge on any atom is 0.191 e. The van der Waals surface area contributed by atoms with E-state index >= 15 is 0 Å². The molecule has 0 aliphatic heterocycles. The molecule has 0 bridgehead atoms. The van der Waals surface area contributed by atoms with Crippen LogP contribution in [0.3, 0.4) is 0 Å². The van der Waals surface area contributed by atoms with Gasteiger partial charge in [0.25, 0.3) is 0 Å². The van der Waals surface area contributed by atoms with Gasteiger partial charge in [-0.1, -0.05) is 42.5 Å². The highest BCUT2D eigenvalue weighted by Crippen LogP contribution is 2.07. The van der Waals surface area contributed by atoms with Crippen molar-refractivity contribution in [1.82, 2.24) is 10.6 Å². The first-order valence-electron chi connectivity index (χ1n) is 7.46. The molecule has 2 rings (SSSR count). The van der Waals surface area contributed by atoms with Gasteiger partial charge in [-0.05, 0) is 30.2 Å². The van der Waals surface area contributed by atoms with Crippen LogP contribution in [0.4, 0.5) is 0 Å². The van der Waals surface area contributed by atoms with E-state index in [0.717, 1.165) is 18.3 Å². The summed E-state index contributed by atoms with van der Waals surface area (Å²) in [5.41, 5.74) is 2.55. The Hall–Kier alpha value is -1.76. The van der Waals surface area contributed by atoms with Crippen molar-refractivity contribution < 1.29 is 4.74 Å². The van der Waals surface area contributed by atoms with Crippen molar-refractivity contribution in [3.63, 3.8) is 0 Å². The highest BCUT2D eigenvalue weighted by atomic mass is 127. The molecule has 2 aromatic carbocycles. The third-order valence-corrected chi connectivity index (χ3v) is 3.34. The van der Waals surface area contributed by atoms with Crippen molar-refractivity contribution in [1.29, 1.82) is 0 Å². The zero-order valence-electron chi connectivity index (χ0n) is 13.6. The second kappa shape index (κ2) is 10.9. The number of ether oxygens (including phenoxy) is 1. The topological polar surface area (TPSA) is 45.7 Å². The second-order valence-corrected chi connectivity index (χ2v) is 4.94. The average molecular weight is 425 g/mol. The number of hydrogen-bond acceptors (Lipinski definition) is 2. The minimum absolute atomic E-state index is 0. The molecule has 0 heterocycles. The molecule has 0 fully saturated rings. The number of aryl methyl sites for hydroxylation is 1. The normalized spacial score (nSPS) is 10.6. The number of para-hydroxylation sites is 1. The van der Waals surface area contributed by atoms with Gasteiger partial charge >= 0.3 is 0 Å². The summed E-state index contributed by atoms with van der Waals surface area (Å²) < 4.78 is 5.64. The highest BCUT2D eigenvalue weighted by molar-refractivity contribution is 14.0. The Morgan fingerprint density at radius 2 is 1.70 bits per heavy atom.